The van der Waals surface area contributed by atoms with Gasteiger partial charge in [-0.2, -0.15) is 0 Å². The summed E-state index contributed by atoms with van der Waals surface area (Å²) in [6.45, 7) is 1.80. The molecule has 2 aromatic heterocycles. The molecule has 0 saturated carbocycles. The topological polar surface area (TPSA) is 84.0 Å². The summed E-state index contributed by atoms with van der Waals surface area (Å²) in [4.78, 5) is 32.9. The number of thiophene rings is 1. The van der Waals surface area contributed by atoms with Gasteiger partial charge in [-0.05, 0) is 36.6 Å². The summed E-state index contributed by atoms with van der Waals surface area (Å²) in [5.74, 6) is -0.540. The summed E-state index contributed by atoms with van der Waals surface area (Å²) in [6.07, 6.45) is 2.96. The molecule has 7 heteroatoms. The van der Waals surface area contributed by atoms with Crippen molar-refractivity contribution in [1.82, 2.24) is 9.97 Å². The molecule has 0 aliphatic carbocycles. The van der Waals surface area contributed by atoms with E-state index in [-0.39, 0.29) is 17.5 Å². The standard InChI is InChI=1S/C17H14N4O2S/c1-11-9-19-14(10-18-11)16(22)20-12-4-2-5-13(8-12)21-17(23)15-6-3-7-24-15/h2-10H,1H3,(H,20,22)(H,21,23). The van der Waals surface area contributed by atoms with Crippen molar-refractivity contribution in [3.63, 3.8) is 0 Å². The largest absolute Gasteiger partial charge is 0.321 e. The Hall–Kier alpha value is -3.06. The Morgan fingerprint density at radius 3 is 2.33 bits per heavy atom. The summed E-state index contributed by atoms with van der Waals surface area (Å²) in [6, 6.07) is 10.5. The third kappa shape index (κ3) is 3.82. The molecular weight excluding hydrogens is 324 g/mol. The molecule has 0 saturated heterocycles. The van der Waals surface area contributed by atoms with Crippen molar-refractivity contribution in [1.29, 1.82) is 0 Å². The highest BCUT2D eigenvalue weighted by atomic mass is 32.1. The highest BCUT2D eigenvalue weighted by Gasteiger charge is 2.10. The second-order valence-electron chi connectivity index (χ2n) is 5.01. The number of hydrogen-bond donors (Lipinski definition) is 2. The van der Waals surface area contributed by atoms with Gasteiger partial charge in [0.15, 0.2) is 0 Å². The van der Waals surface area contributed by atoms with E-state index in [0.717, 1.165) is 5.69 Å². The normalized spacial score (nSPS) is 10.2. The molecule has 6 nitrogen and oxygen atoms in total. The third-order valence-corrected chi connectivity index (χ3v) is 4.01. The molecule has 0 aliphatic rings. The highest BCUT2D eigenvalue weighted by molar-refractivity contribution is 7.12. The molecule has 3 aromatic rings. The Morgan fingerprint density at radius 2 is 1.71 bits per heavy atom. The van der Waals surface area contributed by atoms with E-state index in [1.807, 2.05) is 11.4 Å². The number of carbonyl (C=O) groups is 2. The van der Waals surface area contributed by atoms with E-state index in [4.69, 9.17) is 0 Å². The van der Waals surface area contributed by atoms with Crippen LogP contribution in [0.25, 0.3) is 0 Å². The second kappa shape index (κ2) is 7.01. The molecule has 120 valence electrons. The second-order valence-corrected chi connectivity index (χ2v) is 5.96. The maximum atomic E-state index is 12.1. The Morgan fingerprint density at radius 1 is 0.958 bits per heavy atom. The van der Waals surface area contributed by atoms with Gasteiger partial charge in [-0.1, -0.05) is 12.1 Å². The number of nitrogens with one attached hydrogen (secondary N) is 2. The fourth-order valence-corrected chi connectivity index (χ4v) is 2.60. The number of aryl methyl sites for hydroxylation is 1. The first-order valence-corrected chi connectivity index (χ1v) is 8.05. The van der Waals surface area contributed by atoms with E-state index in [0.29, 0.717) is 16.3 Å². The highest BCUT2D eigenvalue weighted by Crippen LogP contribution is 2.18. The summed E-state index contributed by atoms with van der Waals surface area (Å²) >= 11 is 1.37. The van der Waals surface area contributed by atoms with Crippen molar-refractivity contribution < 1.29 is 9.59 Å². The van der Waals surface area contributed by atoms with Gasteiger partial charge in [0.25, 0.3) is 11.8 Å². The molecule has 0 bridgehead atoms. The maximum absolute atomic E-state index is 12.1. The molecule has 0 radical (unpaired) electrons. The van der Waals surface area contributed by atoms with Crippen LogP contribution in [0.2, 0.25) is 0 Å². The van der Waals surface area contributed by atoms with Crippen LogP contribution in [0.15, 0.2) is 54.2 Å². The number of nitrogens with zero attached hydrogens (tertiary/aromatic N) is 2. The molecular formula is C17H14N4O2S. The smallest absolute Gasteiger partial charge is 0.275 e. The minimum atomic E-state index is -0.357. The molecule has 0 atom stereocenters. The molecule has 24 heavy (non-hydrogen) atoms. The quantitative estimate of drug-likeness (QED) is 0.764. The lowest BCUT2D eigenvalue weighted by atomic mass is 10.2. The van der Waals surface area contributed by atoms with Gasteiger partial charge in [0.05, 0.1) is 16.8 Å². The fourth-order valence-electron chi connectivity index (χ4n) is 1.98. The maximum Gasteiger partial charge on any atom is 0.275 e. The lowest BCUT2D eigenvalue weighted by Crippen LogP contribution is -2.15. The van der Waals surface area contributed by atoms with E-state index in [1.54, 1.807) is 37.3 Å². The van der Waals surface area contributed by atoms with Crippen LogP contribution in [0.5, 0.6) is 0 Å². The first-order valence-electron chi connectivity index (χ1n) is 7.17. The van der Waals surface area contributed by atoms with Crippen molar-refractivity contribution in [3.8, 4) is 0 Å². The van der Waals surface area contributed by atoms with Crippen LogP contribution in [0.3, 0.4) is 0 Å². The van der Waals surface area contributed by atoms with Gasteiger partial charge in [0, 0.05) is 17.6 Å². The fraction of sp³-hybridized carbons (Fsp3) is 0.0588. The Bertz CT molecular complexity index is 861. The van der Waals surface area contributed by atoms with E-state index in [9.17, 15) is 9.59 Å². The molecule has 1 aromatic carbocycles. The number of carbonyl (C=O) groups excluding carboxylic acids is 2. The molecule has 0 aliphatic heterocycles. The van der Waals surface area contributed by atoms with Gasteiger partial charge in [0.1, 0.15) is 5.69 Å². The molecule has 0 spiro atoms. The number of anilines is 2. The van der Waals surface area contributed by atoms with Crippen molar-refractivity contribution in [2.45, 2.75) is 6.92 Å². The summed E-state index contributed by atoms with van der Waals surface area (Å²) in [5, 5.41) is 7.37. The van der Waals surface area contributed by atoms with Crippen LogP contribution in [-0.2, 0) is 0 Å². The van der Waals surface area contributed by atoms with Gasteiger partial charge in [0.2, 0.25) is 0 Å². The summed E-state index contributed by atoms with van der Waals surface area (Å²) in [5.41, 5.74) is 2.13. The molecule has 2 heterocycles. The van der Waals surface area contributed by atoms with Crippen molar-refractivity contribution >= 4 is 34.5 Å². The van der Waals surface area contributed by atoms with Crippen LogP contribution < -0.4 is 10.6 Å². The first-order chi connectivity index (χ1) is 11.6. The van der Waals surface area contributed by atoms with Crippen molar-refractivity contribution in [2.24, 2.45) is 0 Å². The lowest BCUT2D eigenvalue weighted by Gasteiger charge is -2.08. The predicted molar refractivity (Wildman–Crippen MR) is 93.4 cm³/mol. The first kappa shape index (κ1) is 15.8. The van der Waals surface area contributed by atoms with Crippen LogP contribution in [0.1, 0.15) is 25.9 Å². The Balaban J connectivity index is 1.70. The average Bonchev–Trinajstić information content (AvgIpc) is 3.10. The third-order valence-electron chi connectivity index (χ3n) is 3.14. The molecule has 3 rings (SSSR count). The molecule has 0 fully saturated rings. The Labute approximate surface area is 142 Å². The summed E-state index contributed by atoms with van der Waals surface area (Å²) < 4.78 is 0. The van der Waals surface area contributed by atoms with Crippen LogP contribution >= 0.6 is 11.3 Å². The van der Waals surface area contributed by atoms with Gasteiger partial charge >= 0.3 is 0 Å². The predicted octanol–water partition coefficient (Wildman–Crippen LogP) is 3.35. The number of hydrogen-bond acceptors (Lipinski definition) is 5. The lowest BCUT2D eigenvalue weighted by molar-refractivity contribution is 0.101. The van der Waals surface area contributed by atoms with Gasteiger partial charge in [-0.3, -0.25) is 14.6 Å². The Kier molecular flexibility index (Phi) is 4.62. The van der Waals surface area contributed by atoms with Crippen LogP contribution in [0, 0.1) is 6.92 Å². The van der Waals surface area contributed by atoms with Gasteiger partial charge in [-0.15, -0.1) is 11.3 Å². The number of rotatable bonds is 4. The number of amides is 2. The minimum Gasteiger partial charge on any atom is -0.321 e. The molecule has 0 unspecified atom stereocenters. The van der Waals surface area contributed by atoms with Gasteiger partial charge < -0.3 is 10.6 Å². The van der Waals surface area contributed by atoms with E-state index in [2.05, 4.69) is 20.6 Å². The van der Waals surface area contributed by atoms with Crippen LogP contribution in [0.4, 0.5) is 11.4 Å². The van der Waals surface area contributed by atoms with E-state index in [1.165, 1.54) is 23.7 Å². The average molecular weight is 338 g/mol. The zero-order chi connectivity index (χ0) is 16.9. The van der Waals surface area contributed by atoms with Crippen molar-refractivity contribution in [2.75, 3.05) is 10.6 Å². The zero-order valence-electron chi connectivity index (χ0n) is 12.8. The zero-order valence-corrected chi connectivity index (χ0v) is 13.6. The van der Waals surface area contributed by atoms with Crippen molar-refractivity contribution in [3.05, 3.63) is 70.4 Å². The molecule has 2 N–H and O–H groups in total. The van der Waals surface area contributed by atoms with E-state index < -0.39 is 0 Å². The SMILES string of the molecule is Cc1cnc(C(=O)Nc2cccc(NC(=O)c3cccs3)c2)cn1. The van der Waals surface area contributed by atoms with Gasteiger partial charge in [-0.25, -0.2) is 4.98 Å². The summed E-state index contributed by atoms with van der Waals surface area (Å²) in [7, 11) is 0. The molecule has 2 amide bonds. The van der Waals surface area contributed by atoms with E-state index >= 15 is 0 Å². The minimum absolute atomic E-state index is 0.183. The van der Waals surface area contributed by atoms with Crippen LogP contribution in [-0.4, -0.2) is 21.8 Å². The monoisotopic (exact) mass is 338 g/mol. The number of aromatic nitrogens is 2. The number of benzene rings is 1.